The molecule has 4 rings (SSSR count). The second-order valence-corrected chi connectivity index (χ2v) is 8.34. The van der Waals surface area contributed by atoms with Crippen molar-refractivity contribution in [3.05, 3.63) is 38.4 Å². The van der Waals surface area contributed by atoms with E-state index in [9.17, 15) is 10.1 Å². The first-order valence-corrected chi connectivity index (χ1v) is 9.96. The number of rotatable bonds is 2. The van der Waals surface area contributed by atoms with Crippen LogP contribution < -0.4 is 4.74 Å². The van der Waals surface area contributed by atoms with E-state index in [4.69, 9.17) is 16.3 Å². The average molecular weight is 377 g/mol. The Morgan fingerprint density at radius 3 is 2.65 bits per heavy atom. The van der Waals surface area contributed by atoms with E-state index in [1.54, 1.807) is 6.07 Å². The van der Waals surface area contributed by atoms with Crippen LogP contribution in [0, 0.1) is 10.1 Å². The van der Waals surface area contributed by atoms with Crippen molar-refractivity contribution in [2.75, 3.05) is 0 Å². The van der Waals surface area contributed by atoms with Gasteiger partial charge in [0.1, 0.15) is 0 Å². The molecule has 1 aliphatic carbocycles. The fraction of sp³-hybridized carbons (Fsp3) is 0.600. The Hall–Kier alpha value is -1.59. The molecule has 1 aromatic carbocycles. The summed E-state index contributed by atoms with van der Waals surface area (Å²) in [7, 11) is 0. The Labute approximate surface area is 159 Å². The van der Waals surface area contributed by atoms with Crippen molar-refractivity contribution in [2.45, 2.75) is 76.6 Å². The maximum absolute atomic E-state index is 11.6. The molecule has 1 aromatic rings. The summed E-state index contributed by atoms with van der Waals surface area (Å²) >= 11 is 6.13. The van der Waals surface area contributed by atoms with Crippen LogP contribution >= 0.6 is 11.6 Å². The van der Waals surface area contributed by atoms with E-state index in [2.05, 4.69) is 24.8 Å². The minimum absolute atomic E-state index is 0.0370. The zero-order valence-electron chi connectivity index (χ0n) is 15.3. The van der Waals surface area contributed by atoms with Gasteiger partial charge in [-0.2, -0.15) is 0 Å². The summed E-state index contributed by atoms with van der Waals surface area (Å²) in [6, 6.07) is 3.97. The third-order valence-electron chi connectivity index (χ3n) is 6.18. The van der Waals surface area contributed by atoms with Crippen LogP contribution in [0.3, 0.4) is 0 Å². The first kappa shape index (κ1) is 17.8. The highest BCUT2D eigenvalue weighted by molar-refractivity contribution is 6.31. The van der Waals surface area contributed by atoms with Crippen LogP contribution in [0.4, 0.5) is 5.69 Å². The largest absolute Gasteiger partial charge is 0.461 e. The van der Waals surface area contributed by atoms with E-state index >= 15 is 0 Å². The highest BCUT2D eigenvalue weighted by atomic mass is 35.5. The fourth-order valence-corrected chi connectivity index (χ4v) is 5.35. The highest BCUT2D eigenvalue weighted by Crippen LogP contribution is 2.51. The second-order valence-electron chi connectivity index (χ2n) is 7.90. The van der Waals surface area contributed by atoms with Crippen molar-refractivity contribution in [1.82, 2.24) is 4.90 Å². The van der Waals surface area contributed by atoms with Gasteiger partial charge in [0.15, 0.2) is 5.72 Å². The molecule has 5 nitrogen and oxygen atoms in total. The van der Waals surface area contributed by atoms with Gasteiger partial charge in [-0.15, -0.1) is 0 Å². The van der Waals surface area contributed by atoms with Gasteiger partial charge < -0.3 is 4.74 Å². The Morgan fingerprint density at radius 2 is 1.96 bits per heavy atom. The Morgan fingerprint density at radius 1 is 1.23 bits per heavy atom. The molecule has 2 aliphatic heterocycles. The highest BCUT2D eigenvalue weighted by Gasteiger charge is 2.51. The minimum atomic E-state index is -0.552. The lowest BCUT2D eigenvalue weighted by Crippen LogP contribution is -2.63. The van der Waals surface area contributed by atoms with Gasteiger partial charge in [-0.05, 0) is 63.7 Å². The van der Waals surface area contributed by atoms with E-state index < -0.39 is 5.72 Å². The van der Waals surface area contributed by atoms with Gasteiger partial charge in [-0.3, -0.25) is 15.0 Å². The third kappa shape index (κ3) is 2.72. The lowest BCUT2D eigenvalue weighted by Gasteiger charge is -2.55. The number of nitro benzene ring substituents is 1. The molecule has 2 fully saturated rings. The molecule has 0 N–H and O–H groups in total. The van der Waals surface area contributed by atoms with Crippen molar-refractivity contribution in [1.29, 1.82) is 0 Å². The normalized spacial score (nSPS) is 31.4. The summed E-state index contributed by atoms with van der Waals surface area (Å²) < 4.78 is 6.61. The Kier molecular flexibility index (Phi) is 4.48. The number of hydrogen-bond donors (Lipinski definition) is 0. The van der Waals surface area contributed by atoms with Crippen molar-refractivity contribution in [3.63, 3.8) is 0 Å². The molecule has 0 spiro atoms. The van der Waals surface area contributed by atoms with Gasteiger partial charge in [0.25, 0.3) is 0 Å². The summed E-state index contributed by atoms with van der Waals surface area (Å²) in [6.45, 7) is 4.51. The van der Waals surface area contributed by atoms with Gasteiger partial charge in [-0.25, -0.2) is 0 Å². The van der Waals surface area contributed by atoms with Gasteiger partial charge in [-0.1, -0.05) is 18.0 Å². The van der Waals surface area contributed by atoms with Gasteiger partial charge >= 0.3 is 5.69 Å². The number of likely N-dealkylation sites (tertiary alicyclic amines) is 1. The molecule has 6 heteroatoms. The van der Waals surface area contributed by atoms with Gasteiger partial charge in [0.2, 0.25) is 5.75 Å². The lowest BCUT2D eigenvalue weighted by atomic mass is 9.79. The van der Waals surface area contributed by atoms with Crippen LogP contribution in [-0.4, -0.2) is 27.6 Å². The minimum Gasteiger partial charge on any atom is -0.461 e. The maximum atomic E-state index is 11.6. The van der Waals surface area contributed by atoms with Crippen LogP contribution in [0.2, 0.25) is 5.02 Å². The molecule has 3 aliphatic rings. The molecular weight excluding hydrogens is 352 g/mol. The van der Waals surface area contributed by atoms with Crippen molar-refractivity contribution >= 4 is 23.4 Å². The predicted octanol–water partition coefficient (Wildman–Crippen LogP) is 5.56. The molecular formula is C20H25ClN2O3. The molecule has 0 radical (unpaired) electrons. The number of nitrogens with zero attached hydrogens (tertiary/aromatic N) is 2. The van der Waals surface area contributed by atoms with Crippen molar-refractivity contribution in [2.24, 2.45) is 0 Å². The van der Waals surface area contributed by atoms with E-state index in [1.165, 1.54) is 18.1 Å². The van der Waals surface area contributed by atoms with Crippen LogP contribution in [0.5, 0.6) is 5.75 Å². The second kappa shape index (κ2) is 6.54. The summed E-state index contributed by atoms with van der Waals surface area (Å²) in [5.41, 5.74) is 1.39. The number of hydrogen-bond acceptors (Lipinski definition) is 4. The zero-order valence-corrected chi connectivity index (χ0v) is 16.1. The monoisotopic (exact) mass is 376 g/mol. The molecule has 0 amide bonds. The Balaban J connectivity index is 1.88. The topological polar surface area (TPSA) is 55.6 Å². The summed E-state index contributed by atoms with van der Waals surface area (Å²) in [5.74, 6) is 0.370. The average Bonchev–Trinajstić information content (AvgIpc) is 2.59. The predicted molar refractivity (Wildman–Crippen MR) is 103 cm³/mol. The first-order valence-electron chi connectivity index (χ1n) is 9.59. The van der Waals surface area contributed by atoms with Gasteiger partial charge in [0, 0.05) is 35.2 Å². The van der Waals surface area contributed by atoms with Crippen molar-refractivity contribution < 1.29 is 9.66 Å². The fourth-order valence-electron chi connectivity index (χ4n) is 5.13. The number of benzene rings is 1. The molecule has 140 valence electrons. The molecule has 3 atom stereocenters. The quantitative estimate of drug-likeness (QED) is 0.501. The van der Waals surface area contributed by atoms with Crippen LogP contribution in [0.15, 0.2) is 17.7 Å². The van der Waals surface area contributed by atoms with Gasteiger partial charge in [0.05, 0.1) is 4.92 Å². The van der Waals surface area contributed by atoms with E-state index in [0.29, 0.717) is 22.9 Å². The molecule has 0 bridgehead atoms. The standard InChI is InChI=1S/C20H25ClN2O3/c1-13-6-5-7-14(2)22(13)20-9-4-3-8-16(20)10-15-11-17(21)12-18(23(24)25)19(15)26-20/h10-14H,3-9H2,1-2H3. The molecule has 26 heavy (non-hydrogen) atoms. The number of fused-ring (bicyclic) bond motifs is 2. The lowest BCUT2D eigenvalue weighted by molar-refractivity contribution is -0.386. The summed E-state index contributed by atoms with van der Waals surface area (Å²) in [6.07, 6.45) is 9.65. The maximum Gasteiger partial charge on any atom is 0.313 e. The summed E-state index contributed by atoms with van der Waals surface area (Å²) in [5, 5.41) is 12.0. The van der Waals surface area contributed by atoms with Crippen molar-refractivity contribution in [3.8, 4) is 5.75 Å². The van der Waals surface area contributed by atoms with Crippen LogP contribution in [-0.2, 0) is 0 Å². The number of nitro groups is 1. The van der Waals surface area contributed by atoms with Crippen LogP contribution in [0.25, 0.3) is 6.08 Å². The Bertz CT molecular complexity index is 769. The van der Waals surface area contributed by atoms with Crippen LogP contribution in [0.1, 0.15) is 64.4 Å². The smallest absolute Gasteiger partial charge is 0.313 e. The summed E-state index contributed by atoms with van der Waals surface area (Å²) in [4.78, 5) is 13.7. The molecule has 1 saturated carbocycles. The third-order valence-corrected chi connectivity index (χ3v) is 6.40. The van der Waals surface area contributed by atoms with E-state index in [1.807, 2.05) is 0 Å². The van der Waals surface area contributed by atoms with E-state index in [-0.39, 0.29) is 10.6 Å². The zero-order chi connectivity index (χ0) is 18.5. The number of piperidine rings is 1. The molecule has 1 saturated heterocycles. The molecule has 3 unspecified atom stereocenters. The molecule has 2 heterocycles. The number of ether oxygens (including phenoxy) is 1. The SMILES string of the molecule is CC1CCCC(C)N1C12CCCCC1=Cc1cc(Cl)cc([N+](=O)[O-])c1O2. The molecule has 0 aromatic heterocycles. The number of halogens is 1. The van der Waals surface area contributed by atoms with E-state index in [0.717, 1.165) is 44.1 Å². The first-order chi connectivity index (χ1) is 12.4.